The number of nitrogens with one attached hydrogen (secondary N) is 1. The van der Waals surface area contributed by atoms with Crippen LogP contribution in [-0.4, -0.2) is 18.0 Å². The van der Waals surface area contributed by atoms with Gasteiger partial charge >= 0.3 is 5.97 Å². The average Bonchev–Trinajstić information content (AvgIpc) is 2.63. The molecule has 0 fully saturated rings. The zero-order valence-corrected chi connectivity index (χ0v) is 16.0. The maximum Gasteiger partial charge on any atom is 0.331 e. The van der Waals surface area contributed by atoms with Crippen molar-refractivity contribution in [2.24, 2.45) is 0 Å². The largest absolute Gasteiger partial charge is 0.449 e. The van der Waals surface area contributed by atoms with Crippen LogP contribution in [0.15, 0.2) is 48.5 Å². The number of anilines is 1. The van der Waals surface area contributed by atoms with Crippen LogP contribution >= 0.6 is 23.2 Å². The highest BCUT2D eigenvalue weighted by atomic mass is 35.5. The van der Waals surface area contributed by atoms with Crippen molar-refractivity contribution < 1.29 is 14.3 Å². The molecule has 0 spiro atoms. The number of hydrogen-bond donors (Lipinski definition) is 1. The molecule has 4 nitrogen and oxygen atoms in total. The number of esters is 1. The molecule has 0 aliphatic carbocycles. The molecule has 2 rings (SSSR count). The number of benzene rings is 2. The zero-order valence-electron chi connectivity index (χ0n) is 14.5. The monoisotopic (exact) mass is 391 g/mol. The fraction of sp³-hybridized carbons (Fsp3) is 0.200. The number of hydrogen-bond acceptors (Lipinski definition) is 3. The van der Waals surface area contributed by atoms with E-state index in [-0.39, 0.29) is 0 Å². The Morgan fingerprint density at radius 3 is 2.42 bits per heavy atom. The third-order valence-corrected chi connectivity index (χ3v) is 4.39. The van der Waals surface area contributed by atoms with Crippen molar-refractivity contribution in [1.82, 2.24) is 0 Å². The fourth-order valence-corrected chi connectivity index (χ4v) is 2.42. The van der Waals surface area contributed by atoms with E-state index in [1.54, 1.807) is 24.3 Å². The molecule has 0 aromatic heterocycles. The van der Waals surface area contributed by atoms with E-state index in [1.165, 1.54) is 18.6 Å². The van der Waals surface area contributed by atoms with Crippen LogP contribution in [0.5, 0.6) is 0 Å². The Kier molecular flexibility index (Phi) is 7.25. The minimum atomic E-state index is -0.924. The first kappa shape index (κ1) is 20.0. The number of amides is 1. The maximum atomic E-state index is 12.1. The summed E-state index contributed by atoms with van der Waals surface area (Å²) >= 11 is 11.8. The lowest BCUT2D eigenvalue weighted by molar-refractivity contribution is -0.148. The molecule has 0 aliphatic rings. The van der Waals surface area contributed by atoms with Gasteiger partial charge in [0, 0.05) is 11.8 Å². The van der Waals surface area contributed by atoms with E-state index in [2.05, 4.69) is 12.2 Å². The number of carbonyl (C=O) groups excluding carboxylic acids is 2. The smallest absolute Gasteiger partial charge is 0.331 e. The zero-order chi connectivity index (χ0) is 19.1. The molecule has 6 heteroatoms. The Bertz CT molecular complexity index is 816. The Morgan fingerprint density at radius 1 is 1.12 bits per heavy atom. The fourth-order valence-electron chi connectivity index (χ4n) is 2.12. The van der Waals surface area contributed by atoms with Gasteiger partial charge in [0.15, 0.2) is 6.10 Å². The summed E-state index contributed by atoms with van der Waals surface area (Å²) in [6.45, 7) is 3.57. The van der Waals surface area contributed by atoms with Gasteiger partial charge < -0.3 is 10.1 Å². The molecule has 136 valence electrons. The van der Waals surface area contributed by atoms with E-state index in [0.717, 1.165) is 6.42 Å². The molecule has 0 saturated carbocycles. The lowest BCUT2D eigenvalue weighted by Gasteiger charge is -2.12. The summed E-state index contributed by atoms with van der Waals surface area (Å²) < 4.78 is 5.11. The van der Waals surface area contributed by atoms with Crippen LogP contribution in [0.3, 0.4) is 0 Å². The van der Waals surface area contributed by atoms with Crippen molar-refractivity contribution in [2.45, 2.75) is 26.4 Å². The van der Waals surface area contributed by atoms with E-state index >= 15 is 0 Å². The van der Waals surface area contributed by atoms with Crippen molar-refractivity contribution in [3.63, 3.8) is 0 Å². The van der Waals surface area contributed by atoms with Gasteiger partial charge in [0.2, 0.25) is 0 Å². The van der Waals surface area contributed by atoms with Gasteiger partial charge in [0.25, 0.3) is 5.91 Å². The van der Waals surface area contributed by atoms with Crippen LogP contribution in [0.2, 0.25) is 10.0 Å². The molecule has 2 aromatic carbocycles. The number of halogens is 2. The van der Waals surface area contributed by atoms with Crippen LogP contribution in [0, 0.1) is 0 Å². The van der Waals surface area contributed by atoms with E-state index in [1.807, 2.05) is 24.3 Å². The second kappa shape index (κ2) is 9.41. The first-order chi connectivity index (χ1) is 12.4. The van der Waals surface area contributed by atoms with Gasteiger partial charge in [0.1, 0.15) is 0 Å². The first-order valence-electron chi connectivity index (χ1n) is 8.12. The second-order valence-corrected chi connectivity index (χ2v) is 6.44. The van der Waals surface area contributed by atoms with Crippen molar-refractivity contribution in [3.05, 3.63) is 69.7 Å². The van der Waals surface area contributed by atoms with Gasteiger partial charge in [-0.25, -0.2) is 4.79 Å². The third-order valence-electron chi connectivity index (χ3n) is 3.65. The van der Waals surface area contributed by atoms with Gasteiger partial charge in [-0.05, 0) is 54.8 Å². The predicted octanol–water partition coefficient (Wildman–Crippen LogP) is 5.14. The quantitative estimate of drug-likeness (QED) is 0.547. The summed E-state index contributed by atoms with van der Waals surface area (Å²) in [6, 6.07) is 12.5. The molecule has 1 amide bonds. The van der Waals surface area contributed by atoms with Gasteiger partial charge in [-0.3, -0.25) is 4.79 Å². The highest BCUT2D eigenvalue weighted by Gasteiger charge is 2.16. The van der Waals surface area contributed by atoms with Crippen LogP contribution < -0.4 is 5.32 Å². The van der Waals surface area contributed by atoms with Crippen molar-refractivity contribution in [3.8, 4) is 0 Å². The molecule has 1 atom stereocenters. The molecule has 0 heterocycles. The van der Waals surface area contributed by atoms with Crippen LogP contribution in [0.1, 0.15) is 25.0 Å². The number of ether oxygens (including phenoxy) is 1. The van der Waals surface area contributed by atoms with Crippen LogP contribution in [0.25, 0.3) is 6.08 Å². The minimum absolute atomic E-state index is 0.393. The average molecular weight is 392 g/mol. The molecule has 0 saturated heterocycles. The molecule has 0 radical (unpaired) electrons. The maximum absolute atomic E-state index is 12.1. The highest BCUT2D eigenvalue weighted by Crippen LogP contribution is 2.23. The molecule has 0 bridgehead atoms. The Hall–Kier alpha value is -2.30. The topological polar surface area (TPSA) is 55.4 Å². The molecule has 2 aromatic rings. The molecule has 0 aliphatic heterocycles. The normalized spacial score (nSPS) is 12.0. The highest BCUT2D eigenvalue weighted by molar-refractivity contribution is 6.42. The molecule has 1 unspecified atom stereocenters. The number of rotatable bonds is 6. The van der Waals surface area contributed by atoms with Crippen molar-refractivity contribution in [1.29, 1.82) is 0 Å². The van der Waals surface area contributed by atoms with Gasteiger partial charge in [-0.2, -0.15) is 0 Å². The van der Waals surface area contributed by atoms with E-state index in [4.69, 9.17) is 27.9 Å². The minimum Gasteiger partial charge on any atom is -0.449 e. The summed E-state index contributed by atoms with van der Waals surface area (Å²) in [5.74, 6) is -1.02. The molecule has 26 heavy (non-hydrogen) atoms. The van der Waals surface area contributed by atoms with E-state index < -0.39 is 18.0 Å². The standard InChI is InChI=1S/C20H19Cl2NO3/c1-3-14-4-8-16(9-5-14)23-20(25)13(2)26-19(24)11-7-15-6-10-17(21)18(22)12-15/h4-13H,3H2,1-2H3,(H,23,25)/b11-7+. The summed E-state index contributed by atoms with van der Waals surface area (Å²) in [6.07, 6.45) is 2.78. The lowest BCUT2D eigenvalue weighted by atomic mass is 10.1. The van der Waals surface area contributed by atoms with E-state index in [0.29, 0.717) is 21.3 Å². The molecule has 1 N–H and O–H groups in total. The lowest BCUT2D eigenvalue weighted by Crippen LogP contribution is -2.29. The number of aryl methyl sites for hydroxylation is 1. The van der Waals surface area contributed by atoms with Crippen molar-refractivity contribution >= 4 is 46.8 Å². The Labute approximate surface area is 162 Å². The van der Waals surface area contributed by atoms with Gasteiger partial charge in [-0.15, -0.1) is 0 Å². The Balaban J connectivity index is 1.89. The predicted molar refractivity (Wildman–Crippen MR) is 105 cm³/mol. The second-order valence-electron chi connectivity index (χ2n) is 5.63. The van der Waals surface area contributed by atoms with Crippen molar-refractivity contribution in [2.75, 3.05) is 5.32 Å². The third kappa shape index (κ3) is 5.90. The molecular weight excluding hydrogens is 373 g/mol. The molecular formula is C20H19Cl2NO3. The van der Waals surface area contributed by atoms with Crippen LogP contribution in [-0.2, 0) is 20.7 Å². The van der Waals surface area contributed by atoms with E-state index in [9.17, 15) is 9.59 Å². The van der Waals surface area contributed by atoms with Crippen LogP contribution in [0.4, 0.5) is 5.69 Å². The first-order valence-corrected chi connectivity index (χ1v) is 8.88. The SMILES string of the molecule is CCc1ccc(NC(=O)C(C)OC(=O)/C=C/c2ccc(Cl)c(Cl)c2)cc1. The summed E-state index contributed by atoms with van der Waals surface area (Å²) in [5.41, 5.74) is 2.53. The Morgan fingerprint density at radius 2 is 1.81 bits per heavy atom. The number of carbonyl (C=O) groups is 2. The van der Waals surface area contributed by atoms with Gasteiger partial charge in [-0.1, -0.05) is 48.3 Å². The summed E-state index contributed by atoms with van der Waals surface area (Å²) in [5, 5.41) is 3.54. The summed E-state index contributed by atoms with van der Waals surface area (Å²) in [4.78, 5) is 24.0. The summed E-state index contributed by atoms with van der Waals surface area (Å²) in [7, 11) is 0. The van der Waals surface area contributed by atoms with Gasteiger partial charge in [0.05, 0.1) is 10.0 Å².